The highest BCUT2D eigenvalue weighted by atomic mass is 19.1. The molecule has 2 aromatic carbocycles. The first kappa shape index (κ1) is 18.9. The molecule has 0 saturated carbocycles. The van der Waals surface area contributed by atoms with Gasteiger partial charge in [0.15, 0.2) is 0 Å². The van der Waals surface area contributed by atoms with Gasteiger partial charge >= 0.3 is 0 Å². The first-order chi connectivity index (χ1) is 14.6. The molecule has 2 aliphatic rings. The summed E-state index contributed by atoms with van der Waals surface area (Å²) in [5.74, 6) is -0.889. The van der Waals surface area contributed by atoms with Crippen LogP contribution in [0.4, 0.5) is 4.39 Å². The number of aromatic nitrogens is 2. The quantitative estimate of drug-likeness (QED) is 0.685. The molecule has 3 aromatic rings. The van der Waals surface area contributed by atoms with E-state index in [1.54, 1.807) is 29.2 Å². The molecule has 0 spiro atoms. The zero-order chi connectivity index (χ0) is 20.7. The minimum absolute atomic E-state index is 0.0416. The lowest BCUT2D eigenvalue weighted by Crippen LogP contribution is -2.47. The van der Waals surface area contributed by atoms with E-state index >= 15 is 0 Å². The van der Waals surface area contributed by atoms with Crippen molar-refractivity contribution in [2.24, 2.45) is 0 Å². The van der Waals surface area contributed by atoms with Crippen molar-refractivity contribution >= 4 is 16.7 Å². The van der Waals surface area contributed by atoms with Crippen molar-refractivity contribution in [3.63, 3.8) is 0 Å². The molecular weight excluding hydrogens is 387 g/mol. The van der Waals surface area contributed by atoms with Crippen molar-refractivity contribution in [2.75, 3.05) is 26.2 Å². The van der Waals surface area contributed by atoms with Crippen LogP contribution in [0.25, 0.3) is 10.8 Å². The lowest BCUT2D eigenvalue weighted by molar-refractivity contribution is 0.0176. The lowest BCUT2D eigenvalue weighted by Gasteiger charge is -2.25. The van der Waals surface area contributed by atoms with E-state index in [0.717, 1.165) is 17.5 Å². The second-order valence-corrected chi connectivity index (χ2v) is 7.72. The average molecular weight is 408 g/mol. The summed E-state index contributed by atoms with van der Waals surface area (Å²) in [5.41, 5.74) is 1.20. The van der Waals surface area contributed by atoms with E-state index in [4.69, 9.17) is 4.74 Å². The van der Waals surface area contributed by atoms with Gasteiger partial charge in [-0.1, -0.05) is 24.3 Å². The molecule has 154 valence electrons. The number of carbonyl (C=O) groups is 1. The number of ether oxygens (including phenoxy) is 1. The summed E-state index contributed by atoms with van der Waals surface area (Å²) < 4.78 is 20.2. The number of H-pyrrole nitrogens is 1. The molecule has 0 bridgehead atoms. The molecule has 2 saturated heterocycles. The van der Waals surface area contributed by atoms with Gasteiger partial charge < -0.3 is 15.0 Å². The predicted molar refractivity (Wildman–Crippen MR) is 109 cm³/mol. The van der Waals surface area contributed by atoms with Gasteiger partial charge in [0, 0.05) is 31.4 Å². The van der Waals surface area contributed by atoms with E-state index in [9.17, 15) is 14.0 Å². The Hall–Kier alpha value is -3.10. The summed E-state index contributed by atoms with van der Waals surface area (Å²) in [6.07, 6.45) is 0.318. The Balaban J connectivity index is 1.42. The van der Waals surface area contributed by atoms with Gasteiger partial charge in [0.25, 0.3) is 11.5 Å². The van der Waals surface area contributed by atoms with Crippen LogP contribution in [0.3, 0.4) is 0 Å². The Morgan fingerprint density at radius 1 is 1.20 bits per heavy atom. The number of rotatable bonds is 3. The fourth-order valence-electron chi connectivity index (χ4n) is 4.28. The maximum atomic E-state index is 14.5. The maximum absolute atomic E-state index is 14.5. The highest BCUT2D eigenvalue weighted by Gasteiger charge is 2.38. The van der Waals surface area contributed by atoms with Crippen molar-refractivity contribution in [3.8, 4) is 0 Å². The highest BCUT2D eigenvalue weighted by molar-refractivity contribution is 5.95. The molecule has 30 heavy (non-hydrogen) atoms. The zero-order valence-corrected chi connectivity index (χ0v) is 16.2. The number of hydrogen-bond acceptors (Lipinski definition) is 5. The molecule has 2 aliphatic heterocycles. The summed E-state index contributed by atoms with van der Waals surface area (Å²) in [6.45, 7) is 2.33. The number of aromatic amines is 1. The van der Waals surface area contributed by atoms with E-state index in [1.807, 2.05) is 12.1 Å². The molecule has 8 heteroatoms. The zero-order valence-electron chi connectivity index (χ0n) is 16.2. The molecule has 3 heterocycles. The standard InChI is InChI=1S/C22H21FN4O3/c23-17-6-5-13(10-18-14-3-1-2-4-15(14)21(28)26-25-18)9-16(17)22(29)27-11-19-20(12-27)30-8-7-24-19/h1-6,9,19-20,24H,7-8,10-12H2,(H,26,28). The van der Waals surface area contributed by atoms with E-state index in [2.05, 4.69) is 15.5 Å². The van der Waals surface area contributed by atoms with Gasteiger partial charge in [0.05, 0.1) is 35.4 Å². The molecule has 2 N–H and O–H groups in total. The van der Waals surface area contributed by atoms with Crippen molar-refractivity contribution in [2.45, 2.75) is 18.6 Å². The van der Waals surface area contributed by atoms with Crippen LogP contribution in [0.1, 0.15) is 21.6 Å². The summed E-state index contributed by atoms with van der Waals surface area (Å²) in [6, 6.07) is 11.8. The molecule has 0 radical (unpaired) electrons. The number of benzene rings is 2. The molecule has 1 aromatic heterocycles. The van der Waals surface area contributed by atoms with Crippen molar-refractivity contribution in [3.05, 3.63) is 75.5 Å². The van der Waals surface area contributed by atoms with Crippen LogP contribution in [-0.4, -0.2) is 59.4 Å². The van der Waals surface area contributed by atoms with Crippen LogP contribution in [0.2, 0.25) is 0 Å². The van der Waals surface area contributed by atoms with Gasteiger partial charge in [-0.05, 0) is 23.8 Å². The smallest absolute Gasteiger partial charge is 0.272 e. The van der Waals surface area contributed by atoms with Gasteiger partial charge in [0.1, 0.15) is 5.82 Å². The Bertz CT molecular complexity index is 1160. The SMILES string of the molecule is O=C(c1cc(Cc2n[nH]c(=O)c3ccccc23)ccc1F)N1CC2NCCOC2C1. The van der Waals surface area contributed by atoms with Crippen molar-refractivity contribution in [1.82, 2.24) is 20.4 Å². The lowest BCUT2D eigenvalue weighted by atomic mass is 10.0. The molecule has 7 nitrogen and oxygen atoms in total. The fourth-order valence-corrected chi connectivity index (χ4v) is 4.28. The van der Waals surface area contributed by atoms with Crippen LogP contribution in [0, 0.1) is 5.82 Å². The number of fused-ring (bicyclic) bond motifs is 2. The maximum Gasteiger partial charge on any atom is 0.272 e. The van der Waals surface area contributed by atoms with Crippen LogP contribution in [0.5, 0.6) is 0 Å². The van der Waals surface area contributed by atoms with Crippen LogP contribution < -0.4 is 10.9 Å². The summed E-state index contributed by atoms with van der Waals surface area (Å²) in [4.78, 5) is 26.6. The number of hydrogen-bond donors (Lipinski definition) is 2. The number of nitrogens with zero attached hydrogens (tertiary/aromatic N) is 2. The Kier molecular flexibility index (Phi) is 4.80. The van der Waals surface area contributed by atoms with Gasteiger partial charge in [-0.3, -0.25) is 9.59 Å². The third-order valence-corrected chi connectivity index (χ3v) is 5.80. The number of amides is 1. The highest BCUT2D eigenvalue weighted by Crippen LogP contribution is 2.22. The van der Waals surface area contributed by atoms with Gasteiger partial charge in [0.2, 0.25) is 0 Å². The normalized spacial score (nSPS) is 21.0. The number of halogens is 1. The van der Waals surface area contributed by atoms with Crippen LogP contribution in [0.15, 0.2) is 47.3 Å². The monoisotopic (exact) mass is 408 g/mol. The van der Waals surface area contributed by atoms with Gasteiger partial charge in [-0.2, -0.15) is 5.10 Å². The third kappa shape index (κ3) is 3.38. The van der Waals surface area contributed by atoms with E-state index in [-0.39, 0.29) is 29.2 Å². The van der Waals surface area contributed by atoms with Crippen LogP contribution >= 0.6 is 0 Å². The molecule has 0 aliphatic carbocycles. The Labute approximate surface area is 171 Å². The molecule has 2 atom stereocenters. The molecule has 2 fully saturated rings. The largest absolute Gasteiger partial charge is 0.373 e. The van der Waals surface area contributed by atoms with Crippen LogP contribution in [-0.2, 0) is 11.2 Å². The summed E-state index contributed by atoms with van der Waals surface area (Å²) >= 11 is 0. The minimum Gasteiger partial charge on any atom is -0.373 e. The first-order valence-electron chi connectivity index (χ1n) is 9.99. The molecule has 5 rings (SSSR count). The number of morpholine rings is 1. The topological polar surface area (TPSA) is 87.3 Å². The number of nitrogens with one attached hydrogen (secondary N) is 2. The predicted octanol–water partition coefficient (Wildman–Crippen LogP) is 1.47. The molecule has 1 amide bonds. The van der Waals surface area contributed by atoms with Gasteiger partial charge in [-0.25, -0.2) is 9.49 Å². The van der Waals surface area contributed by atoms with E-state index in [1.165, 1.54) is 6.07 Å². The van der Waals surface area contributed by atoms with E-state index in [0.29, 0.717) is 37.2 Å². The second-order valence-electron chi connectivity index (χ2n) is 7.72. The van der Waals surface area contributed by atoms with Crippen molar-refractivity contribution in [1.29, 1.82) is 0 Å². The van der Waals surface area contributed by atoms with E-state index < -0.39 is 5.82 Å². The fraction of sp³-hybridized carbons (Fsp3) is 0.318. The molecular formula is C22H21FN4O3. The Morgan fingerprint density at radius 3 is 2.87 bits per heavy atom. The number of likely N-dealkylation sites (tertiary alicyclic amines) is 1. The summed E-state index contributed by atoms with van der Waals surface area (Å²) in [7, 11) is 0. The third-order valence-electron chi connectivity index (χ3n) is 5.80. The average Bonchev–Trinajstić information content (AvgIpc) is 3.21. The minimum atomic E-state index is -0.549. The molecule has 2 unspecified atom stereocenters. The van der Waals surface area contributed by atoms with Crippen molar-refractivity contribution < 1.29 is 13.9 Å². The second kappa shape index (κ2) is 7.62. The van der Waals surface area contributed by atoms with Gasteiger partial charge in [-0.15, -0.1) is 0 Å². The Morgan fingerprint density at radius 2 is 2.03 bits per heavy atom. The summed E-state index contributed by atoms with van der Waals surface area (Å²) in [5, 5.41) is 11.3. The first-order valence-corrected chi connectivity index (χ1v) is 9.99. The number of carbonyl (C=O) groups excluding carboxylic acids is 1.